The second kappa shape index (κ2) is 4.01. The summed E-state index contributed by atoms with van der Waals surface area (Å²) in [5.41, 5.74) is 7.34. The van der Waals surface area contributed by atoms with Crippen LogP contribution >= 0.6 is 12.2 Å². The van der Waals surface area contributed by atoms with Gasteiger partial charge in [-0.05, 0) is 44.7 Å². The van der Waals surface area contributed by atoms with Gasteiger partial charge in [0.1, 0.15) is 4.99 Å². The summed E-state index contributed by atoms with van der Waals surface area (Å²) in [5.74, 6) is 0.780. The highest BCUT2D eigenvalue weighted by atomic mass is 32.1. The number of nitrogens with zero attached hydrogens (tertiary/aromatic N) is 1. The number of rotatable bonds is 4. The van der Waals surface area contributed by atoms with Gasteiger partial charge >= 0.3 is 0 Å². The van der Waals surface area contributed by atoms with Crippen molar-refractivity contribution in [2.75, 3.05) is 5.32 Å². The molecule has 1 saturated carbocycles. The molecule has 1 heterocycles. The molecule has 0 aromatic carbocycles. The van der Waals surface area contributed by atoms with Gasteiger partial charge in [0.25, 0.3) is 0 Å². The van der Waals surface area contributed by atoms with E-state index in [0.717, 1.165) is 11.6 Å². The first-order valence-corrected chi connectivity index (χ1v) is 5.94. The summed E-state index contributed by atoms with van der Waals surface area (Å²) in [6, 6.07) is 3.83. The van der Waals surface area contributed by atoms with Crippen LogP contribution in [0.3, 0.4) is 0 Å². The maximum Gasteiger partial charge on any atom is 0.122 e. The fourth-order valence-corrected chi connectivity index (χ4v) is 2.01. The first kappa shape index (κ1) is 11.3. The Balaban J connectivity index is 2.07. The van der Waals surface area contributed by atoms with E-state index in [1.54, 1.807) is 6.20 Å². The predicted molar refractivity (Wildman–Crippen MR) is 70.6 cm³/mol. The van der Waals surface area contributed by atoms with E-state index >= 15 is 0 Å². The normalized spacial score (nSPS) is 15.9. The summed E-state index contributed by atoms with van der Waals surface area (Å²) in [5, 5.41) is 3.50. The van der Waals surface area contributed by atoms with Gasteiger partial charge in [-0.2, -0.15) is 0 Å². The van der Waals surface area contributed by atoms with Gasteiger partial charge in [0.15, 0.2) is 0 Å². The molecule has 3 N–H and O–H groups in total. The second-order valence-electron chi connectivity index (χ2n) is 4.92. The first-order valence-electron chi connectivity index (χ1n) is 5.53. The topological polar surface area (TPSA) is 50.9 Å². The molecule has 0 aliphatic heterocycles. The maximum atomic E-state index is 5.50. The summed E-state index contributed by atoms with van der Waals surface area (Å²) in [4.78, 5) is 4.55. The third-order valence-electron chi connectivity index (χ3n) is 3.08. The largest absolute Gasteiger partial charge is 0.388 e. The quantitative estimate of drug-likeness (QED) is 0.786. The summed E-state index contributed by atoms with van der Waals surface area (Å²) < 4.78 is 0. The summed E-state index contributed by atoms with van der Waals surface area (Å²) >= 11 is 4.86. The van der Waals surface area contributed by atoms with Gasteiger partial charge in [-0.25, -0.2) is 0 Å². The standard InChI is InChI=1S/C12H17N3S/c1-12(2,8-3-4-8)15-9-5-6-10(11(13)16)14-7-9/h5-8,15H,3-4H2,1-2H3,(H2,13,16). The summed E-state index contributed by atoms with van der Waals surface area (Å²) in [7, 11) is 0. The predicted octanol–water partition coefficient (Wildman–Crippen LogP) is 2.32. The van der Waals surface area contributed by atoms with E-state index in [9.17, 15) is 0 Å². The lowest BCUT2D eigenvalue weighted by Crippen LogP contribution is -2.33. The first-order chi connectivity index (χ1) is 7.49. The molecular formula is C12H17N3S. The molecule has 1 aliphatic carbocycles. The molecule has 86 valence electrons. The zero-order chi connectivity index (χ0) is 11.8. The van der Waals surface area contributed by atoms with Crippen molar-refractivity contribution in [1.29, 1.82) is 0 Å². The van der Waals surface area contributed by atoms with Crippen LogP contribution in [0.25, 0.3) is 0 Å². The molecule has 0 unspecified atom stereocenters. The molecule has 0 atom stereocenters. The number of anilines is 1. The zero-order valence-electron chi connectivity index (χ0n) is 9.66. The van der Waals surface area contributed by atoms with Crippen molar-refractivity contribution in [3.05, 3.63) is 24.0 Å². The number of hydrogen-bond acceptors (Lipinski definition) is 3. The minimum absolute atomic E-state index is 0.145. The monoisotopic (exact) mass is 235 g/mol. The van der Waals surface area contributed by atoms with Crippen LogP contribution in [-0.4, -0.2) is 15.5 Å². The second-order valence-corrected chi connectivity index (χ2v) is 5.36. The third kappa shape index (κ3) is 2.50. The molecule has 1 aromatic rings. The van der Waals surface area contributed by atoms with E-state index in [2.05, 4.69) is 24.1 Å². The highest BCUT2D eigenvalue weighted by Gasteiger charge is 2.37. The molecule has 4 heteroatoms. The molecule has 1 aliphatic rings. The minimum atomic E-state index is 0.145. The third-order valence-corrected chi connectivity index (χ3v) is 3.29. The van der Waals surface area contributed by atoms with Gasteiger partial charge in [-0.1, -0.05) is 12.2 Å². The average Bonchev–Trinajstić information content (AvgIpc) is 3.01. The molecule has 0 saturated heterocycles. The maximum absolute atomic E-state index is 5.50. The average molecular weight is 235 g/mol. The van der Waals surface area contributed by atoms with Gasteiger partial charge < -0.3 is 11.1 Å². The minimum Gasteiger partial charge on any atom is -0.388 e. The van der Waals surface area contributed by atoms with Gasteiger partial charge in [-0.15, -0.1) is 0 Å². The molecule has 0 radical (unpaired) electrons. The van der Waals surface area contributed by atoms with E-state index in [4.69, 9.17) is 18.0 Å². The van der Waals surface area contributed by atoms with Crippen molar-refractivity contribution < 1.29 is 0 Å². The van der Waals surface area contributed by atoms with Crippen LogP contribution in [0, 0.1) is 5.92 Å². The number of aromatic nitrogens is 1. The number of nitrogens with two attached hydrogens (primary N) is 1. The Bertz CT molecular complexity index is 393. The van der Waals surface area contributed by atoms with E-state index in [0.29, 0.717) is 10.7 Å². The Labute approximate surface area is 101 Å². The molecule has 2 rings (SSSR count). The molecule has 1 fully saturated rings. The summed E-state index contributed by atoms with van der Waals surface area (Å²) in [6.45, 7) is 4.46. The van der Waals surface area contributed by atoms with Crippen molar-refractivity contribution in [3.63, 3.8) is 0 Å². The van der Waals surface area contributed by atoms with Crippen LogP contribution in [0.15, 0.2) is 18.3 Å². The number of pyridine rings is 1. The van der Waals surface area contributed by atoms with Crippen molar-refractivity contribution in [1.82, 2.24) is 4.98 Å². The van der Waals surface area contributed by atoms with Gasteiger partial charge in [0, 0.05) is 5.54 Å². The van der Waals surface area contributed by atoms with E-state index in [1.807, 2.05) is 12.1 Å². The molecule has 3 nitrogen and oxygen atoms in total. The molecule has 16 heavy (non-hydrogen) atoms. The highest BCUT2D eigenvalue weighted by Crippen LogP contribution is 2.40. The van der Waals surface area contributed by atoms with Gasteiger partial charge in [-0.3, -0.25) is 4.98 Å². The van der Waals surface area contributed by atoms with E-state index < -0.39 is 0 Å². The van der Waals surface area contributed by atoms with Crippen LogP contribution in [0.5, 0.6) is 0 Å². The Morgan fingerprint density at radius 3 is 2.62 bits per heavy atom. The molecular weight excluding hydrogens is 218 g/mol. The van der Waals surface area contributed by atoms with Crippen molar-refractivity contribution in [2.45, 2.75) is 32.2 Å². The molecule has 0 spiro atoms. The van der Waals surface area contributed by atoms with Crippen molar-refractivity contribution >= 4 is 22.9 Å². The zero-order valence-corrected chi connectivity index (χ0v) is 10.5. The summed E-state index contributed by atoms with van der Waals surface area (Å²) in [6.07, 6.45) is 4.43. The Kier molecular flexibility index (Phi) is 2.84. The lowest BCUT2D eigenvalue weighted by atomic mass is 9.98. The Morgan fingerprint density at radius 2 is 2.19 bits per heavy atom. The molecule has 0 amide bonds. The van der Waals surface area contributed by atoms with Crippen LogP contribution in [-0.2, 0) is 0 Å². The smallest absolute Gasteiger partial charge is 0.122 e. The van der Waals surface area contributed by atoms with Crippen molar-refractivity contribution in [2.24, 2.45) is 11.7 Å². The van der Waals surface area contributed by atoms with Crippen molar-refractivity contribution in [3.8, 4) is 0 Å². The van der Waals surface area contributed by atoms with E-state index in [-0.39, 0.29) is 5.54 Å². The molecule has 1 aromatic heterocycles. The van der Waals surface area contributed by atoms with Crippen LogP contribution in [0.4, 0.5) is 5.69 Å². The Morgan fingerprint density at radius 1 is 1.50 bits per heavy atom. The lowest BCUT2D eigenvalue weighted by molar-refractivity contribution is 0.494. The Hall–Kier alpha value is -1.16. The fraction of sp³-hybridized carbons (Fsp3) is 0.500. The number of thiocarbonyl (C=S) groups is 1. The number of nitrogens with one attached hydrogen (secondary N) is 1. The van der Waals surface area contributed by atoms with Gasteiger partial charge in [0.05, 0.1) is 17.6 Å². The van der Waals surface area contributed by atoms with E-state index in [1.165, 1.54) is 12.8 Å². The fourth-order valence-electron chi connectivity index (χ4n) is 1.89. The van der Waals surface area contributed by atoms with Crippen LogP contribution < -0.4 is 11.1 Å². The van der Waals surface area contributed by atoms with Gasteiger partial charge in [0.2, 0.25) is 0 Å². The SMILES string of the molecule is CC(C)(Nc1ccc(C(N)=S)nc1)C1CC1. The van der Waals surface area contributed by atoms with Crippen LogP contribution in [0.2, 0.25) is 0 Å². The lowest BCUT2D eigenvalue weighted by Gasteiger charge is -2.27. The molecule has 0 bridgehead atoms. The van der Waals surface area contributed by atoms with Crippen LogP contribution in [0.1, 0.15) is 32.4 Å². The highest BCUT2D eigenvalue weighted by molar-refractivity contribution is 7.80. The number of hydrogen-bond donors (Lipinski definition) is 2.